The van der Waals surface area contributed by atoms with Gasteiger partial charge in [0.2, 0.25) is 0 Å². The van der Waals surface area contributed by atoms with Crippen molar-refractivity contribution in [2.75, 3.05) is 0 Å². The number of rotatable bonds is 0. The number of carbonyl (C=O) groups is 1. The van der Waals surface area contributed by atoms with E-state index in [1.165, 1.54) is 6.08 Å². The number of allylic oxidation sites excluding steroid dienone is 3. The number of ketones is 1. The summed E-state index contributed by atoms with van der Waals surface area (Å²) >= 11 is 0. The molecule has 0 radical (unpaired) electrons. The van der Waals surface area contributed by atoms with Gasteiger partial charge in [0.25, 0.3) is 0 Å². The number of carbonyl (C=O) groups excluding carboxylic acids is 1. The molecule has 2 aliphatic carbocycles. The van der Waals surface area contributed by atoms with E-state index in [4.69, 9.17) is 0 Å². The minimum atomic E-state index is -3.18. The molecule has 0 N–H and O–H groups in total. The summed E-state index contributed by atoms with van der Waals surface area (Å²) in [5.74, 6) is -0.0669. The Hall–Kier alpha value is -0.900. The van der Waals surface area contributed by atoms with Crippen LogP contribution in [0.2, 0.25) is 0 Å². The standard InChI is InChI=1S/C10H10O3S/c11-8-3-4-14(12,13)10-7-2-1-6(5-7)9(8)10/h1-4,6-7,9-10H,5H2/t6-,7-,9-,10+/m0/s1. The summed E-state index contributed by atoms with van der Waals surface area (Å²) < 4.78 is 23.5. The zero-order chi connectivity index (χ0) is 9.92. The third kappa shape index (κ3) is 0.869. The van der Waals surface area contributed by atoms with E-state index in [2.05, 4.69) is 0 Å². The van der Waals surface area contributed by atoms with Crippen molar-refractivity contribution in [1.82, 2.24) is 0 Å². The fraction of sp³-hybridized carbons (Fsp3) is 0.500. The van der Waals surface area contributed by atoms with Gasteiger partial charge in [-0.15, -0.1) is 0 Å². The lowest BCUT2D eigenvalue weighted by atomic mass is 9.89. The first-order chi connectivity index (χ1) is 6.59. The lowest BCUT2D eigenvalue weighted by Gasteiger charge is -2.27. The molecule has 4 atom stereocenters. The third-order valence-corrected chi connectivity index (χ3v) is 5.43. The Morgan fingerprint density at radius 2 is 1.93 bits per heavy atom. The van der Waals surface area contributed by atoms with Gasteiger partial charge in [-0.05, 0) is 24.3 Å². The van der Waals surface area contributed by atoms with Gasteiger partial charge in [0.1, 0.15) is 0 Å². The number of fused-ring (bicyclic) bond motifs is 5. The van der Waals surface area contributed by atoms with Gasteiger partial charge in [-0.2, -0.15) is 0 Å². The first-order valence-corrected chi connectivity index (χ1v) is 6.35. The van der Waals surface area contributed by atoms with Crippen LogP contribution in [-0.2, 0) is 14.6 Å². The van der Waals surface area contributed by atoms with Crippen molar-refractivity contribution < 1.29 is 13.2 Å². The summed E-state index contributed by atoms with van der Waals surface area (Å²) in [7, 11) is -3.18. The van der Waals surface area contributed by atoms with Crippen LogP contribution in [0.15, 0.2) is 23.6 Å². The smallest absolute Gasteiger partial charge is 0.175 e. The van der Waals surface area contributed by atoms with Crippen LogP contribution >= 0.6 is 0 Å². The zero-order valence-electron chi connectivity index (χ0n) is 7.46. The molecule has 4 heteroatoms. The molecule has 0 amide bonds. The van der Waals surface area contributed by atoms with Crippen LogP contribution in [0.4, 0.5) is 0 Å². The predicted octanol–water partition coefficient (Wildman–Crippen LogP) is 0.688. The number of hydrogen-bond acceptors (Lipinski definition) is 3. The van der Waals surface area contributed by atoms with Gasteiger partial charge in [0.05, 0.1) is 5.25 Å². The Morgan fingerprint density at radius 3 is 2.64 bits per heavy atom. The van der Waals surface area contributed by atoms with Crippen molar-refractivity contribution in [3.63, 3.8) is 0 Å². The average molecular weight is 210 g/mol. The molecule has 0 aromatic heterocycles. The van der Waals surface area contributed by atoms with Gasteiger partial charge in [-0.25, -0.2) is 8.42 Å². The Labute approximate surface area is 82.4 Å². The van der Waals surface area contributed by atoms with Crippen LogP contribution < -0.4 is 0 Å². The average Bonchev–Trinajstić information content (AvgIpc) is 2.71. The molecule has 1 heterocycles. The van der Waals surface area contributed by atoms with E-state index < -0.39 is 15.1 Å². The molecule has 1 aliphatic heterocycles. The van der Waals surface area contributed by atoms with Gasteiger partial charge >= 0.3 is 0 Å². The molecule has 14 heavy (non-hydrogen) atoms. The first-order valence-electron chi connectivity index (χ1n) is 4.74. The Kier molecular flexibility index (Phi) is 1.42. The van der Waals surface area contributed by atoms with Crippen molar-refractivity contribution in [2.24, 2.45) is 17.8 Å². The van der Waals surface area contributed by atoms with E-state index in [9.17, 15) is 13.2 Å². The van der Waals surface area contributed by atoms with E-state index in [1.807, 2.05) is 12.2 Å². The van der Waals surface area contributed by atoms with Crippen LogP contribution in [0.1, 0.15) is 6.42 Å². The number of hydrogen-bond donors (Lipinski definition) is 0. The van der Waals surface area contributed by atoms with Crippen LogP contribution in [0.5, 0.6) is 0 Å². The lowest BCUT2D eigenvalue weighted by Crippen LogP contribution is -2.39. The fourth-order valence-electron chi connectivity index (χ4n) is 2.96. The van der Waals surface area contributed by atoms with Gasteiger partial charge in [-0.1, -0.05) is 12.2 Å². The highest BCUT2D eigenvalue weighted by atomic mass is 32.2. The molecule has 74 valence electrons. The molecule has 0 aromatic rings. The quantitative estimate of drug-likeness (QED) is 0.553. The molecule has 3 aliphatic rings. The van der Waals surface area contributed by atoms with E-state index in [0.717, 1.165) is 11.8 Å². The second-order valence-electron chi connectivity index (χ2n) is 4.23. The van der Waals surface area contributed by atoms with E-state index in [1.54, 1.807) is 0 Å². The van der Waals surface area contributed by atoms with Crippen LogP contribution in [-0.4, -0.2) is 19.5 Å². The molecule has 3 rings (SSSR count). The van der Waals surface area contributed by atoms with Crippen molar-refractivity contribution in [1.29, 1.82) is 0 Å². The van der Waals surface area contributed by atoms with Crippen LogP contribution in [0.3, 0.4) is 0 Å². The van der Waals surface area contributed by atoms with Crippen molar-refractivity contribution >= 4 is 15.6 Å². The maximum Gasteiger partial charge on any atom is 0.175 e. The normalized spacial score (nSPS) is 47.0. The molecule has 0 saturated heterocycles. The maximum atomic E-state index is 11.7. The second kappa shape index (κ2) is 2.37. The Balaban J connectivity index is 2.19. The van der Waals surface area contributed by atoms with Crippen molar-refractivity contribution in [2.45, 2.75) is 11.7 Å². The summed E-state index contributed by atoms with van der Waals surface area (Å²) in [5.41, 5.74) is 0. The monoisotopic (exact) mass is 210 g/mol. The maximum absolute atomic E-state index is 11.7. The summed E-state index contributed by atoms with van der Waals surface area (Å²) in [4.78, 5) is 11.6. The first kappa shape index (κ1) is 8.41. The topological polar surface area (TPSA) is 51.2 Å². The fourth-order valence-corrected chi connectivity index (χ4v) is 4.90. The highest BCUT2D eigenvalue weighted by Crippen LogP contribution is 2.49. The molecule has 1 fully saturated rings. The largest absolute Gasteiger partial charge is 0.294 e. The Morgan fingerprint density at radius 1 is 1.21 bits per heavy atom. The van der Waals surface area contributed by atoms with Crippen molar-refractivity contribution in [3.05, 3.63) is 23.6 Å². The second-order valence-corrected chi connectivity index (χ2v) is 6.23. The summed E-state index contributed by atoms with van der Waals surface area (Å²) in [6.45, 7) is 0. The Bertz CT molecular complexity index is 458. The van der Waals surface area contributed by atoms with E-state index in [0.29, 0.717) is 0 Å². The third-order valence-electron chi connectivity index (χ3n) is 3.52. The lowest BCUT2D eigenvalue weighted by molar-refractivity contribution is -0.118. The summed E-state index contributed by atoms with van der Waals surface area (Å²) in [6.07, 6.45) is 6.02. The summed E-state index contributed by atoms with van der Waals surface area (Å²) in [6, 6.07) is 0. The van der Waals surface area contributed by atoms with Gasteiger partial charge < -0.3 is 0 Å². The SMILES string of the molecule is O=C1C=CS(=O)(=O)[C@H]2[C@H]1[C@H]1C=C[C@H]2C1. The number of sulfone groups is 1. The molecule has 1 saturated carbocycles. The van der Waals surface area contributed by atoms with Crippen molar-refractivity contribution in [3.8, 4) is 0 Å². The molecule has 0 aromatic carbocycles. The highest BCUT2D eigenvalue weighted by molar-refractivity contribution is 7.95. The molecule has 0 spiro atoms. The molecule has 2 bridgehead atoms. The molecular formula is C10H10O3S. The zero-order valence-corrected chi connectivity index (χ0v) is 8.28. The van der Waals surface area contributed by atoms with Gasteiger partial charge in [0.15, 0.2) is 15.6 Å². The molecule has 3 nitrogen and oxygen atoms in total. The van der Waals surface area contributed by atoms with Crippen LogP contribution in [0, 0.1) is 17.8 Å². The minimum Gasteiger partial charge on any atom is -0.294 e. The molecule has 0 unspecified atom stereocenters. The van der Waals surface area contributed by atoms with E-state index in [-0.39, 0.29) is 23.5 Å². The highest BCUT2D eigenvalue weighted by Gasteiger charge is 2.54. The van der Waals surface area contributed by atoms with Crippen LogP contribution in [0.25, 0.3) is 0 Å². The van der Waals surface area contributed by atoms with E-state index >= 15 is 0 Å². The van der Waals surface area contributed by atoms with Gasteiger partial charge in [-0.3, -0.25) is 4.79 Å². The van der Waals surface area contributed by atoms with Gasteiger partial charge in [0, 0.05) is 11.3 Å². The predicted molar refractivity (Wildman–Crippen MR) is 51.1 cm³/mol. The minimum absolute atomic E-state index is 0.0123. The summed E-state index contributed by atoms with van der Waals surface area (Å²) in [5, 5.41) is 0.625. The molecular weight excluding hydrogens is 200 g/mol.